The Bertz CT molecular complexity index is 924. The molecule has 0 aromatic heterocycles. The number of aliphatic carboxylic acids is 1. The van der Waals surface area contributed by atoms with Crippen LogP contribution in [0.2, 0.25) is 0 Å². The van der Waals surface area contributed by atoms with Crippen LogP contribution in [0.4, 0.5) is 5.69 Å². The van der Waals surface area contributed by atoms with Crippen molar-refractivity contribution in [2.75, 3.05) is 11.9 Å². The smallest absolute Gasteiger partial charge is 0.341 e. The largest absolute Gasteiger partial charge is 0.482 e. The van der Waals surface area contributed by atoms with Crippen LogP contribution in [-0.4, -0.2) is 34.7 Å². The van der Waals surface area contributed by atoms with Gasteiger partial charge in [0.25, 0.3) is 5.91 Å². The number of aromatic carboxylic acids is 1. The highest BCUT2D eigenvalue weighted by Gasteiger charge is 2.10. The van der Waals surface area contributed by atoms with Gasteiger partial charge in [-0.3, -0.25) is 4.79 Å². The van der Waals surface area contributed by atoms with E-state index < -0.39 is 24.5 Å². The average Bonchev–Trinajstić information content (AvgIpc) is 2.65. The number of benzene rings is 2. The molecule has 0 bridgehead atoms. The van der Waals surface area contributed by atoms with Crippen molar-refractivity contribution in [1.82, 2.24) is 0 Å². The van der Waals surface area contributed by atoms with Crippen molar-refractivity contribution in [3.05, 3.63) is 65.2 Å². The van der Waals surface area contributed by atoms with Crippen LogP contribution in [0.25, 0.3) is 6.08 Å². The van der Waals surface area contributed by atoms with Crippen LogP contribution in [0.3, 0.4) is 0 Å². The second kappa shape index (κ2) is 8.82. The highest BCUT2D eigenvalue weighted by Crippen LogP contribution is 2.16. The van der Waals surface area contributed by atoms with E-state index in [1.165, 1.54) is 42.5 Å². The lowest BCUT2D eigenvalue weighted by molar-refractivity contribution is -0.139. The Hall–Kier alpha value is -4.12. The molecule has 2 aromatic rings. The number of carbonyl (C=O) groups excluding carboxylic acids is 1. The van der Waals surface area contributed by atoms with Crippen LogP contribution >= 0.6 is 0 Å². The van der Waals surface area contributed by atoms with Gasteiger partial charge in [-0.15, -0.1) is 0 Å². The second-order valence-corrected chi connectivity index (χ2v) is 5.26. The fraction of sp³-hybridized carbons (Fsp3) is 0.0526. The van der Waals surface area contributed by atoms with Crippen LogP contribution in [-0.2, 0) is 9.59 Å². The first kappa shape index (κ1) is 19.2. The Balaban J connectivity index is 2.08. The Morgan fingerprint density at radius 2 is 1.67 bits per heavy atom. The Kier molecular flexibility index (Phi) is 6.28. The molecule has 0 aliphatic heterocycles. The maximum Gasteiger partial charge on any atom is 0.341 e. The number of nitrogens with one attached hydrogen (secondary N) is 1. The third kappa shape index (κ3) is 5.72. The van der Waals surface area contributed by atoms with Crippen LogP contribution in [0.15, 0.2) is 54.1 Å². The lowest BCUT2D eigenvalue weighted by Gasteiger charge is -2.05. The van der Waals surface area contributed by atoms with Crippen LogP contribution in [0.5, 0.6) is 5.75 Å². The van der Waals surface area contributed by atoms with Gasteiger partial charge in [-0.25, -0.2) is 9.59 Å². The van der Waals surface area contributed by atoms with Crippen LogP contribution in [0.1, 0.15) is 15.9 Å². The van der Waals surface area contributed by atoms with Crippen molar-refractivity contribution in [3.8, 4) is 11.8 Å². The molecule has 0 unspecified atom stereocenters. The topological polar surface area (TPSA) is 137 Å². The normalized spacial score (nSPS) is 10.6. The highest BCUT2D eigenvalue weighted by atomic mass is 16.5. The maximum atomic E-state index is 12.2. The summed E-state index contributed by atoms with van der Waals surface area (Å²) in [5, 5.41) is 29.1. The molecule has 0 spiro atoms. The molecule has 2 rings (SSSR count). The number of ether oxygens (including phenoxy) is 1. The summed E-state index contributed by atoms with van der Waals surface area (Å²) < 4.78 is 5.00. The third-order valence-corrected chi connectivity index (χ3v) is 3.31. The van der Waals surface area contributed by atoms with Crippen molar-refractivity contribution < 1.29 is 29.3 Å². The number of nitrogens with zero attached hydrogens (tertiary/aromatic N) is 1. The van der Waals surface area contributed by atoms with Gasteiger partial charge in [-0.2, -0.15) is 5.26 Å². The molecular weight excluding hydrogens is 352 g/mol. The van der Waals surface area contributed by atoms with Crippen molar-refractivity contribution >= 4 is 29.6 Å². The lowest BCUT2D eigenvalue weighted by atomic mass is 10.1. The Labute approximate surface area is 153 Å². The molecule has 27 heavy (non-hydrogen) atoms. The molecule has 136 valence electrons. The molecule has 0 fully saturated rings. The number of nitriles is 1. The predicted molar refractivity (Wildman–Crippen MR) is 95.2 cm³/mol. The number of hydrogen-bond donors (Lipinski definition) is 3. The van der Waals surface area contributed by atoms with Crippen molar-refractivity contribution in [2.45, 2.75) is 0 Å². The van der Waals surface area contributed by atoms with Gasteiger partial charge in [-0.05, 0) is 48.0 Å². The first-order valence-corrected chi connectivity index (χ1v) is 7.60. The summed E-state index contributed by atoms with van der Waals surface area (Å²) in [5.74, 6) is -2.48. The minimum Gasteiger partial charge on any atom is -0.482 e. The number of carboxylic acids is 2. The van der Waals surface area contributed by atoms with E-state index in [0.29, 0.717) is 17.0 Å². The van der Waals surface area contributed by atoms with E-state index in [2.05, 4.69) is 5.32 Å². The molecule has 3 N–H and O–H groups in total. The van der Waals surface area contributed by atoms with E-state index in [1.807, 2.05) is 0 Å². The van der Waals surface area contributed by atoms with Gasteiger partial charge in [-0.1, -0.05) is 12.1 Å². The van der Waals surface area contributed by atoms with Gasteiger partial charge in [0.05, 0.1) is 5.56 Å². The summed E-state index contributed by atoms with van der Waals surface area (Å²) in [6, 6.07) is 13.5. The SMILES string of the molecule is N#C/C(=C\c1ccc(OCC(=O)O)cc1)C(=O)Nc1ccc(C(=O)O)cc1. The average molecular weight is 366 g/mol. The zero-order chi connectivity index (χ0) is 19.8. The first-order valence-electron chi connectivity index (χ1n) is 7.60. The fourth-order valence-electron chi connectivity index (χ4n) is 2.02. The molecule has 0 saturated heterocycles. The molecule has 0 heterocycles. The molecule has 2 aromatic carbocycles. The zero-order valence-corrected chi connectivity index (χ0v) is 13.9. The van der Waals surface area contributed by atoms with E-state index in [9.17, 15) is 19.6 Å². The standard InChI is InChI=1S/C19H14N2O6/c20-10-14(9-12-1-7-16(8-2-12)27-11-17(22)23)18(24)21-15-5-3-13(4-6-15)19(25)26/h1-9H,11H2,(H,21,24)(H,22,23)(H,25,26)/b14-9+. The van der Waals surface area contributed by atoms with Gasteiger partial charge in [0.1, 0.15) is 17.4 Å². The molecule has 0 aliphatic carbocycles. The molecule has 0 saturated carbocycles. The van der Waals surface area contributed by atoms with Gasteiger partial charge >= 0.3 is 11.9 Å². The summed E-state index contributed by atoms with van der Waals surface area (Å²) in [7, 11) is 0. The summed E-state index contributed by atoms with van der Waals surface area (Å²) in [6.07, 6.45) is 1.36. The van der Waals surface area contributed by atoms with Gasteiger partial charge < -0.3 is 20.3 Å². The third-order valence-electron chi connectivity index (χ3n) is 3.31. The molecule has 0 radical (unpaired) electrons. The van der Waals surface area contributed by atoms with Crippen molar-refractivity contribution in [1.29, 1.82) is 5.26 Å². The van der Waals surface area contributed by atoms with E-state index in [0.717, 1.165) is 0 Å². The summed E-state index contributed by atoms with van der Waals surface area (Å²) in [5.41, 5.74) is 0.819. The Morgan fingerprint density at radius 1 is 1.04 bits per heavy atom. The van der Waals surface area contributed by atoms with E-state index in [1.54, 1.807) is 18.2 Å². The quantitative estimate of drug-likeness (QED) is 0.505. The fourth-order valence-corrected chi connectivity index (χ4v) is 2.02. The van der Waals surface area contributed by atoms with Gasteiger partial charge in [0.2, 0.25) is 0 Å². The van der Waals surface area contributed by atoms with Crippen LogP contribution in [0, 0.1) is 11.3 Å². The number of amides is 1. The molecule has 8 nitrogen and oxygen atoms in total. The Morgan fingerprint density at radius 3 is 2.19 bits per heavy atom. The molecular formula is C19H14N2O6. The van der Waals surface area contributed by atoms with E-state index >= 15 is 0 Å². The minimum atomic E-state index is -1.10. The summed E-state index contributed by atoms with van der Waals surface area (Å²) in [4.78, 5) is 33.5. The lowest BCUT2D eigenvalue weighted by Crippen LogP contribution is -2.13. The zero-order valence-electron chi connectivity index (χ0n) is 13.9. The number of hydrogen-bond acceptors (Lipinski definition) is 5. The molecule has 1 amide bonds. The molecule has 8 heteroatoms. The van der Waals surface area contributed by atoms with E-state index in [-0.39, 0.29) is 11.1 Å². The molecule has 0 aliphatic rings. The molecule has 0 atom stereocenters. The van der Waals surface area contributed by atoms with Crippen molar-refractivity contribution in [2.24, 2.45) is 0 Å². The number of anilines is 1. The second-order valence-electron chi connectivity index (χ2n) is 5.26. The highest BCUT2D eigenvalue weighted by molar-refractivity contribution is 6.09. The van der Waals surface area contributed by atoms with Gasteiger partial charge in [0.15, 0.2) is 6.61 Å². The monoisotopic (exact) mass is 366 g/mol. The summed E-state index contributed by atoms with van der Waals surface area (Å²) in [6.45, 7) is -0.471. The summed E-state index contributed by atoms with van der Waals surface area (Å²) >= 11 is 0. The number of rotatable bonds is 7. The maximum absolute atomic E-state index is 12.2. The van der Waals surface area contributed by atoms with Gasteiger partial charge in [0, 0.05) is 5.69 Å². The number of carboxylic acid groups (broad SMARTS) is 2. The van der Waals surface area contributed by atoms with Crippen LogP contribution < -0.4 is 10.1 Å². The van der Waals surface area contributed by atoms with E-state index in [4.69, 9.17) is 14.9 Å². The predicted octanol–water partition coefficient (Wildman–Crippen LogP) is 2.39. The first-order chi connectivity index (χ1) is 12.9. The van der Waals surface area contributed by atoms with Crippen molar-refractivity contribution in [3.63, 3.8) is 0 Å². The number of carbonyl (C=O) groups is 3. The minimum absolute atomic E-state index is 0.0780.